The summed E-state index contributed by atoms with van der Waals surface area (Å²) in [7, 11) is 0. The fourth-order valence-corrected chi connectivity index (χ4v) is 3.77. The first-order chi connectivity index (χ1) is 12.5. The lowest BCUT2D eigenvalue weighted by Crippen LogP contribution is -2.41. The Hall–Kier alpha value is -2.27. The lowest BCUT2D eigenvalue weighted by atomic mass is 9.83. The minimum atomic E-state index is -0.916. The molecule has 2 aromatic carbocycles. The molecule has 0 saturated carbocycles. The second-order valence-electron chi connectivity index (χ2n) is 6.51. The molecule has 0 radical (unpaired) electrons. The Balaban J connectivity index is 2.07. The Labute approximate surface area is 161 Å². The Morgan fingerprint density at radius 2 is 1.69 bits per heavy atom. The molecule has 1 heterocycles. The molecule has 1 aliphatic rings. The number of Topliss-reactive ketones (excluding diaryl/α,β-unsaturated/α-hetero) is 2. The van der Waals surface area contributed by atoms with Gasteiger partial charge in [0.15, 0.2) is 5.78 Å². The molecule has 26 heavy (non-hydrogen) atoms. The smallest absolute Gasteiger partial charge is 0.223 e. The lowest BCUT2D eigenvalue weighted by molar-refractivity contribution is -0.132. The van der Waals surface area contributed by atoms with Gasteiger partial charge in [-0.15, -0.1) is 0 Å². The molecular weight excluding hydrogens is 394 g/mol. The van der Waals surface area contributed by atoms with Gasteiger partial charge in [-0.2, -0.15) is 0 Å². The molecule has 5 heteroatoms. The van der Waals surface area contributed by atoms with Crippen molar-refractivity contribution in [3.63, 3.8) is 0 Å². The Morgan fingerprint density at radius 3 is 2.23 bits per heavy atom. The molecule has 0 bridgehead atoms. The van der Waals surface area contributed by atoms with Gasteiger partial charge in [-0.1, -0.05) is 58.4 Å². The molecule has 1 aliphatic heterocycles. The molecule has 1 saturated heterocycles. The molecular formula is C21H20BrNO3. The summed E-state index contributed by atoms with van der Waals surface area (Å²) in [4.78, 5) is 39.8. The zero-order chi connectivity index (χ0) is 18.7. The topological polar surface area (TPSA) is 54.5 Å². The van der Waals surface area contributed by atoms with Crippen LogP contribution in [0.25, 0.3) is 0 Å². The molecule has 0 spiro atoms. The minimum absolute atomic E-state index is 0.00923. The lowest BCUT2D eigenvalue weighted by Gasteiger charge is -2.33. The van der Waals surface area contributed by atoms with Gasteiger partial charge in [0, 0.05) is 23.0 Å². The van der Waals surface area contributed by atoms with Crippen LogP contribution in [0.2, 0.25) is 0 Å². The third kappa shape index (κ3) is 3.78. The molecule has 1 amide bonds. The molecule has 4 nitrogen and oxygen atoms in total. The van der Waals surface area contributed by atoms with E-state index in [1.807, 2.05) is 30.3 Å². The Morgan fingerprint density at radius 1 is 1.04 bits per heavy atom. The quantitative estimate of drug-likeness (QED) is 0.526. The van der Waals surface area contributed by atoms with Gasteiger partial charge in [-0.3, -0.25) is 14.4 Å². The van der Waals surface area contributed by atoms with Crippen LogP contribution >= 0.6 is 15.9 Å². The summed E-state index contributed by atoms with van der Waals surface area (Å²) in [5.41, 5.74) is 1.29. The maximum Gasteiger partial charge on any atom is 0.223 e. The highest BCUT2D eigenvalue weighted by Gasteiger charge is 2.40. The number of rotatable bonds is 6. The molecule has 1 fully saturated rings. The Bertz CT molecular complexity index is 817. The molecule has 0 aromatic heterocycles. The monoisotopic (exact) mass is 413 g/mol. The van der Waals surface area contributed by atoms with Crippen molar-refractivity contribution in [3.8, 4) is 0 Å². The summed E-state index contributed by atoms with van der Waals surface area (Å²) in [6, 6.07) is 15.7. The van der Waals surface area contributed by atoms with Crippen molar-refractivity contribution in [1.82, 2.24) is 4.90 Å². The van der Waals surface area contributed by atoms with E-state index in [2.05, 4.69) is 15.9 Å². The van der Waals surface area contributed by atoms with Crippen LogP contribution in [0.3, 0.4) is 0 Å². The average Bonchev–Trinajstić information content (AvgIpc) is 3.06. The highest BCUT2D eigenvalue weighted by molar-refractivity contribution is 9.10. The molecule has 0 N–H and O–H groups in total. The maximum atomic E-state index is 13.2. The summed E-state index contributed by atoms with van der Waals surface area (Å²) in [5, 5.41) is 0. The van der Waals surface area contributed by atoms with Crippen LogP contribution in [-0.4, -0.2) is 28.9 Å². The van der Waals surface area contributed by atoms with Crippen molar-refractivity contribution in [1.29, 1.82) is 0 Å². The number of carbonyl (C=O) groups excluding carboxylic acids is 3. The van der Waals surface area contributed by atoms with Crippen molar-refractivity contribution in [2.24, 2.45) is 5.92 Å². The number of carbonyl (C=O) groups is 3. The SMILES string of the molecule is CC(=O)C(C(=O)c1ccccc1)C(c1ccc(Br)cc1)N1CCCC1=O. The maximum absolute atomic E-state index is 13.2. The summed E-state index contributed by atoms with van der Waals surface area (Å²) in [6.45, 7) is 1.99. The highest BCUT2D eigenvalue weighted by atomic mass is 79.9. The van der Waals surface area contributed by atoms with Crippen molar-refractivity contribution < 1.29 is 14.4 Å². The van der Waals surface area contributed by atoms with Gasteiger partial charge in [-0.05, 0) is 31.0 Å². The van der Waals surface area contributed by atoms with Gasteiger partial charge < -0.3 is 4.90 Å². The molecule has 3 rings (SSSR count). The van der Waals surface area contributed by atoms with Crippen LogP contribution in [0.4, 0.5) is 0 Å². The number of nitrogens with zero attached hydrogens (tertiary/aromatic N) is 1. The van der Waals surface area contributed by atoms with Crippen LogP contribution < -0.4 is 0 Å². The van der Waals surface area contributed by atoms with Gasteiger partial charge in [-0.25, -0.2) is 0 Å². The van der Waals surface area contributed by atoms with E-state index < -0.39 is 12.0 Å². The second kappa shape index (κ2) is 7.96. The van der Waals surface area contributed by atoms with Crippen LogP contribution in [0, 0.1) is 5.92 Å². The molecule has 2 atom stereocenters. The minimum Gasteiger partial charge on any atom is -0.334 e. The first-order valence-corrected chi connectivity index (χ1v) is 9.43. The average molecular weight is 414 g/mol. The van der Waals surface area contributed by atoms with E-state index in [4.69, 9.17) is 0 Å². The Kier molecular flexibility index (Phi) is 5.67. The van der Waals surface area contributed by atoms with Gasteiger partial charge in [0.25, 0.3) is 0 Å². The summed E-state index contributed by atoms with van der Waals surface area (Å²) < 4.78 is 0.904. The first-order valence-electron chi connectivity index (χ1n) is 8.63. The fourth-order valence-electron chi connectivity index (χ4n) is 3.51. The van der Waals surface area contributed by atoms with E-state index in [0.29, 0.717) is 18.5 Å². The molecule has 2 aromatic rings. The van der Waals surface area contributed by atoms with E-state index in [0.717, 1.165) is 16.5 Å². The van der Waals surface area contributed by atoms with Crippen molar-refractivity contribution in [2.75, 3.05) is 6.54 Å². The number of hydrogen-bond acceptors (Lipinski definition) is 3. The van der Waals surface area contributed by atoms with Gasteiger partial charge in [0.1, 0.15) is 11.7 Å². The van der Waals surface area contributed by atoms with Crippen LogP contribution in [0.5, 0.6) is 0 Å². The van der Waals surface area contributed by atoms with E-state index in [1.54, 1.807) is 29.2 Å². The largest absolute Gasteiger partial charge is 0.334 e. The van der Waals surface area contributed by atoms with E-state index in [1.165, 1.54) is 6.92 Å². The van der Waals surface area contributed by atoms with Crippen LogP contribution in [0.1, 0.15) is 41.7 Å². The van der Waals surface area contributed by atoms with Crippen molar-refractivity contribution in [2.45, 2.75) is 25.8 Å². The summed E-state index contributed by atoms with van der Waals surface area (Å²) in [6.07, 6.45) is 1.20. The standard InChI is InChI=1S/C21H20BrNO3/c1-14(24)19(21(26)16-6-3-2-4-7-16)20(23-13-5-8-18(23)25)15-9-11-17(22)12-10-15/h2-4,6-7,9-12,19-20H,5,8,13H2,1H3. The zero-order valence-electron chi connectivity index (χ0n) is 14.5. The van der Waals surface area contributed by atoms with Crippen molar-refractivity contribution in [3.05, 3.63) is 70.2 Å². The van der Waals surface area contributed by atoms with Gasteiger partial charge in [0.2, 0.25) is 5.91 Å². The third-order valence-electron chi connectivity index (χ3n) is 4.75. The molecule has 2 unspecified atom stereocenters. The van der Waals surface area contributed by atoms with Crippen LogP contribution in [0.15, 0.2) is 59.1 Å². The zero-order valence-corrected chi connectivity index (χ0v) is 16.1. The third-order valence-corrected chi connectivity index (χ3v) is 5.28. The number of ketones is 2. The number of benzene rings is 2. The number of likely N-dealkylation sites (tertiary alicyclic amines) is 1. The normalized spacial score (nSPS) is 16.4. The fraction of sp³-hybridized carbons (Fsp3) is 0.286. The molecule has 134 valence electrons. The van der Waals surface area contributed by atoms with E-state index >= 15 is 0 Å². The van der Waals surface area contributed by atoms with Crippen molar-refractivity contribution >= 4 is 33.4 Å². The number of amides is 1. The second-order valence-corrected chi connectivity index (χ2v) is 7.42. The number of hydrogen-bond donors (Lipinski definition) is 0. The van der Waals surface area contributed by atoms with Crippen LogP contribution in [-0.2, 0) is 9.59 Å². The summed E-state index contributed by atoms with van der Waals surface area (Å²) >= 11 is 3.41. The van der Waals surface area contributed by atoms with E-state index in [-0.39, 0.29) is 17.5 Å². The predicted octanol–water partition coefficient (Wildman–Crippen LogP) is 4.20. The summed E-state index contributed by atoms with van der Waals surface area (Å²) in [5.74, 6) is -1.40. The number of halogens is 1. The van der Waals surface area contributed by atoms with E-state index in [9.17, 15) is 14.4 Å². The first kappa shape index (κ1) is 18.5. The van der Waals surface area contributed by atoms with Gasteiger partial charge >= 0.3 is 0 Å². The molecule has 0 aliphatic carbocycles. The highest BCUT2D eigenvalue weighted by Crippen LogP contribution is 2.35. The predicted molar refractivity (Wildman–Crippen MR) is 103 cm³/mol. The van der Waals surface area contributed by atoms with Gasteiger partial charge in [0.05, 0.1) is 6.04 Å².